The number of nitrogens with zero attached hydrogens (tertiary/aromatic N) is 1. The van der Waals surface area contributed by atoms with Crippen LogP contribution >= 0.6 is 11.3 Å². The lowest BCUT2D eigenvalue weighted by Crippen LogP contribution is -2.27. The molecule has 0 aliphatic carbocycles. The Labute approximate surface area is 155 Å². The van der Waals surface area contributed by atoms with E-state index in [1.807, 2.05) is 0 Å². The summed E-state index contributed by atoms with van der Waals surface area (Å²) in [4.78, 5) is 28.5. The molecule has 0 radical (unpaired) electrons. The Morgan fingerprint density at radius 1 is 1.27 bits per heavy atom. The Morgan fingerprint density at radius 2 is 2.08 bits per heavy atom. The zero-order valence-electron chi connectivity index (χ0n) is 14.7. The minimum atomic E-state index is -0.286. The van der Waals surface area contributed by atoms with Gasteiger partial charge in [0.1, 0.15) is 0 Å². The van der Waals surface area contributed by atoms with Crippen molar-refractivity contribution in [3.63, 3.8) is 0 Å². The number of carbonyl (C=O) groups is 2. The molecule has 138 valence electrons. The zero-order chi connectivity index (χ0) is 18.5. The molecule has 0 unspecified atom stereocenters. The van der Waals surface area contributed by atoms with Crippen LogP contribution in [-0.4, -0.2) is 30.1 Å². The number of anilines is 1. The summed E-state index contributed by atoms with van der Waals surface area (Å²) in [5.74, 6) is 1.37. The molecule has 8 heteroatoms. The second-order valence-corrected chi connectivity index (χ2v) is 7.23. The summed E-state index contributed by atoms with van der Waals surface area (Å²) in [5, 5.41) is 7.85. The maximum absolute atomic E-state index is 12.3. The first-order valence-electron chi connectivity index (χ1n) is 8.43. The van der Waals surface area contributed by atoms with Gasteiger partial charge in [0.05, 0.1) is 12.1 Å². The van der Waals surface area contributed by atoms with Crippen molar-refractivity contribution in [1.29, 1.82) is 0 Å². The van der Waals surface area contributed by atoms with Crippen LogP contribution in [-0.2, 0) is 11.2 Å². The number of fused-ring (bicyclic) bond motifs is 1. The largest absolute Gasteiger partial charge is 0.454 e. The van der Waals surface area contributed by atoms with Crippen molar-refractivity contribution in [2.45, 2.75) is 26.7 Å². The minimum absolute atomic E-state index is 0.0652. The van der Waals surface area contributed by atoms with Crippen molar-refractivity contribution in [2.75, 3.05) is 18.7 Å². The fourth-order valence-electron chi connectivity index (χ4n) is 2.38. The van der Waals surface area contributed by atoms with Gasteiger partial charge in [-0.2, -0.15) is 0 Å². The highest BCUT2D eigenvalue weighted by atomic mass is 32.1. The van der Waals surface area contributed by atoms with E-state index in [9.17, 15) is 9.59 Å². The summed E-state index contributed by atoms with van der Waals surface area (Å²) in [6.45, 7) is 5.05. The number of aromatic nitrogens is 1. The number of hydrogen-bond acceptors (Lipinski definition) is 6. The number of amides is 2. The first-order valence-corrected chi connectivity index (χ1v) is 9.31. The van der Waals surface area contributed by atoms with Crippen LogP contribution in [0.2, 0.25) is 0 Å². The first-order chi connectivity index (χ1) is 12.5. The highest BCUT2D eigenvalue weighted by Crippen LogP contribution is 2.32. The van der Waals surface area contributed by atoms with Gasteiger partial charge < -0.3 is 14.8 Å². The summed E-state index contributed by atoms with van der Waals surface area (Å²) in [6.07, 6.45) is 1.15. The summed E-state index contributed by atoms with van der Waals surface area (Å²) < 4.78 is 10.5. The molecule has 1 aromatic carbocycles. The number of carbonyl (C=O) groups excluding carboxylic acids is 2. The Balaban J connectivity index is 1.53. The molecule has 0 fully saturated rings. The van der Waals surface area contributed by atoms with Crippen molar-refractivity contribution in [1.82, 2.24) is 10.3 Å². The number of nitrogens with one attached hydrogen (secondary N) is 2. The van der Waals surface area contributed by atoms with Gasteiger partial charge in [0.2, 0.25) is 12.7 Å². The minimum Gasteiger partial charge on any atom is -0.454 e. The fraction of sp³-hybridized carbons (Fsp3) is 0.389. The molecule has 7 nitrogen and oxygen atoms in total. The molecule has 26 heavy (non-hydrogen) atoms. The lowest BCUT2D eigenvalue weighted by molar-refractivity contribution is -0.120. The molecule has 0 saturated heterocycles. The van der Waals surface area contributed by atoms with Gasteiger partial charge in [-0.3, -0.25) is 14.9 Å². The third-order valence-corrected chi connectivity index (χ3v) is 4.60. The van der Waals surface area contributed by atoms with E-state index in [4.69, 9.17) is 9.47 Å². The second-order valence-electron chi connectivity index (χ2n) is 6.38. The molecule has 1 aliphatic heterocycles. The molecule has 0 bridgehead atoms. The van der Waals surface area contributed by atoms with Gasteiger partial charge in [0.25, 0.3) is 5.91 Å². The van der Waals surface area contributed by atoms with E-state index in [0.717, 1.165) is 6.42 Å². The van der Waals surface area contributed by atoms with Crippen LogP contribution in [0.25, 0.3) is 0 Å². The molecule has 2 heterocycles. The van der Waals surface area contributed by atoms with Gasteiger partial charge in [-0.05, 0) is 30.5 Å². The third kappa shape index (κ3) is 4.72. The van der Waals surface area contributed by atoms with Crippen LogP contribution in [0, 0.1) is 5.92 Å². The highest BCUT2D eigenvalue weighted by molar-refractivity contribution is 7.14. The van der Waals surface area contributed by atoms with Gasteiger partial charge in [0.15, 0.2) is 16.6 Å². The Hall–Kier alpha value is -2.61. The standard InChI is InChI=1S/C18H21N3O4S/c1-11(2)5-6-19-16(22)8-13-9-26-18(20-13)21-17(23)12-3-4-14-15(7-12)25-10-24-14/h3-4,7,9,11H,5-6,8,10H2,1-2H3,(H,19,22)(H,20,21,23). The van der Waals surface area contributed by atoms with E-state index in [1.165, 1.54) is 11.3 Å². The van der Waals surface area contributed by atoms with E-state index in [0.29, 0.717) is 40.4 Å². The molecule has 1 aliphatic rings. The zero-order valence-corrected chi connectivity index (χ0v) is 15.5. The summed E-state index contributed by atoms with van der Waals surface area (Å²) >= 11 is 1.29. The maximum Gasteiger partial charge on any atom is 0.257 e. The molecule has 0 saturated carbocycles. The van der Waals surface area contributed by atoms with Crippen LogP contribution in [0.4, 0.5) is 5.13 Å². The van der Waals surface area contributed by atoms with E-state index in [-0.39, 0.29) is 25.0 Å². The Kier molecular flexibility index (Phi) is 5.72. The predicted molar refractivity (Wildman–Crippen MR) is 98.8 cm³/mol. The average molecular weight is 375 g/mol. The van der Waals surface area contributed by atoms with Crippen LogP contribution in [0.5, 0.6) is 11.5 Å². The fourth-order valence-corrected chi connectivity index (χ4v) is 3.09. The van der Waals surface area contributed by atoms with Crippen molar-refractivity contribution in [2.24, 2.45) is 5.92 Å². The molecule has 3 rings (SSSR count). The number of hydrogen-bond donors (Lipinski definition) is 2. The SMILES string of the molecule is CC(C)CCNC(=O)Cc1csc(NC(=O)c2ccc3c(c2)OCO3)n1. The van der Waals surface area contributed by atoms with Crippen LogP contribution in [0.3, 0.4) is 0 Å². The lowest BCUT2D eigenvalue weighted by Gasteiger charge is -2.06. The van der Waals surface area contributed by atoms with E-state index in [2.05, 4.69) is 29.5 Å². The summed E-state index contributed by atoms with van der Waals surface area (Å²) in [6, 6.07) is 5.00. The normalized spacial score (nSPS) is 12.3. The molecule has 1 aromatic heterocycles. The second kappa shape index (κ2) is 8.18. The number of thiazole rings is 1. The van der Waals surface area contributed by atoms with Gasteiger partial charge in [-0.25, -0.2) is 4.98 Å². The molecule has 0 atom stereocenters. The maximum atomic E-state index is 12.3. The van der Waals surface area contributed by atoms with Gasteiger partial charge in [-0.1, -0.05) is 13.8 Å². The number of ether oxygens (including phenoxy) is 2. The van der Waals surface area contributed by atoms with E-state index in [1.54, 1.807) is 23.6 Å². The van der Waals surface area contributed by atoms with Gasteiger partial charge in [0, 0.05) is 17.5 Å². The average Bonchev–Trinajstić information content (AvgIpc) is 3.22. The molecule has 2 N–H and O–H groups in total. The van der Waals surface area contributed by atoms with E-state index >= 15 is 0 Å². The smallest absolute Gasteiger partial charge is 0.257 e. The van der Waals surface area contributed by atoms with Crippen LogP contribution in [0.15, 0.2) is 23.6 Å². The lowest BCUT2D eigenvalue weighted by atomic mass is 10.1. The molecule has 2 amide bonds. The van der Waals surface area contributed by atoms with E-state index < -0.39 is 0 Å². The number of rotatable bonds is 7. The summed E-state index contributed by atoms with van der Waals surface area (Å²) in [5.41, 5.74) is 1.09. The van der Waals surface area contributed by atoms with Gasteiger partial charge in [-0.15, -0.1) is 11.3 Å². The molecule has 0 spiro atoms. The number of benzene rings is 1. The van der Waals surface area contributed by atoms with Crippen molar-refractivity contribution < 1.29 is 19.1 Å². The molecular formula is C18H21N3O4S. The first kappa shape index (κ1) is 18.2. The quantitative estimate of drug-likeness (QED) is 0.777. The highest BCUT2D eigenvalue weighted by Gasteiger charge is 2.17. The predicted octanol–water partition coefficient (Wildman–Crippen LogP) is 2.83. The van der Waals surface area contributed by atoms with Crippen molar-refractivity contribution >= 4 is 28.3 Å². The van der Waals surface area contributed by atoms with Gasteiger partial charge >= 0.3 is 0 Å². The Morgan fingerprint density at radius 3 is 2.88 bits per heavy atom. The van der Waals surface area contributed by atoms with Crippen molar-refractivity contribution in [3.8, 4) is 11.5 Å². The third-order valence-electron chi connectivity index (χ3n) is 3.79. The van der Waals surface area contributed by atoms with Crippen LogP contribution < -0.4 is 20.1 Å². The Bertz CT molecular complexity index is 803. The monoisotopic (exact) mass is 375 g/mol. The topological polar surface area (TPSA) is 89.6 Å². The molecular weight excluding hydrogens is 354 g/mol. The summed E-state index contributed by atoms with van der Waals surface area (Å²) in [7, 11) is 0. The van der Waals surface area contributed by atoms with Crippen molar-refractivity contribution in [3.05, 3.63) is 34.8 Å². The molecule has 2 aromatic rings. The van der Waals surface area contributed by atoms with Crippen LogP contribution in [0.1, 0.15) is 36.3 Å².